The second-order valence-electron chi connectivity index (χ2n) is 10.4. The van der Waals surface area contributed by atoms with E-state index in [1.54, 1.807) is 0 Å². The number of aliphatic hydroxyl groups is 2. The van der Waals surface area contributed by atoms with E-state index in [0.29, 0.717) is 24.2 Å². The first-order valence-electron chi connectivity index (χ1n) is 9.80. The molecule has 8 bridgehead atoms. The van der Waals surface area contributed by atoms with Gasteiger partial charge in [0.05, 0.1) is 16.6 Å². The van der Waals surface area contributed by atoms with E-state index in [4.69, 9.17) is 4.74 Å². The molecular weight excluding hydrogens is 304 g/mol. The van der Waals surface area contributed by atoms with Crippen LogP contribution >= 0.6 is 0 Å². The van der Waals surface area contributed by atoms with Crippen LogP contribution < -0.4 is 0 Å². The average Bonchev–Trinajstić information content (AvgIpc) is 2.51. The van der Waals surface area contributed by atoms with Crippen molar-refractivity contribution in [1.82, 2.24) is 0 Å². The number of hydrogen-bond acceptors (Lipinski definition) is 4. The zero-order chi connectivity index (χ0) is 17.1. The normalized spacial score (nSPS) is 56.8. The summed E-state index contributed by atoms with van der Waals surface area (Å²) in [4.78, 5) is 12.7. The third-order valence-corrected chi connectivity index (χ3v) is 8.80. The molecule has 0 aromatic heterocycles. The van der Waals surface area contributed by atoms with E-state index in [1.165, 1.54) is 0 Å². The van der Waals surface area contributed by atoms with E-state index in [-0.39, 0.29) is 17.8 Å². The van der Waals surface area contributed by atoms with Crippen LogP contribution in [0.3, 0.4) is 0 Å². The van der Waals surface area contributed by atoms with Gasteiger partial charge >= 0.3 is 5.97 Å². The Balaban J connectivity index is 1.49. The Morgan fingerprint density at radius 2 is 1.62 bits per heavy atom. The van der Waals surface area contributed by atoms with Gasteiger partial charge in [0.25, 0.3) is 0 Å². The molecule has 4 atom stereocenters. The van der Waals surface area contributed by atoms with Crippen LogP contribution in [0.1, 0.15) is 65.7 Å². The quantitative estimate of drug-likeness (QED) is 0.779. The van der Waals surface area contributed by atoms with Gasteiger partial charge in [-0.05, 0) is 82.0 Å². The van der Waals surface area contributed by atoms with E-state index in [9.17, 15) is 15.0 Å². The molecule has 0 radical (unpaired) electrons. The van der Waals surface area contributed by atoms with Crippen molar-refractivity contribution in [1.29, 1.82) is 0 Å². The number of carbonyl (C=O) groups is 1. The Kier molecular flexibility index (Phi) is 2.73. The van der Waals surface area contributed by atoms with Gasteiger partial charge in [-0.1, -0.05) is 6.92 Å². The molecule has 0 amide bonds. The van der Waals surface area contributed by atoms with Crippen LogP contribution in [0.2, 0.25) is 0 Å². The number of esters is 1. The molecule has 134 valence electrons. The second kappa shape index (κ2) is 4.20. The summed E-state index contributed by atoms with van der Waals surface area (Å²) < 4.78 is 6.17. The van der Waals surface area contributed by atoms with E-state index < -0.39 is 22.2 Å². The van der Waals surface area contributed by atoms with E-state index in [1.807, 2.05) is 20.8 Å². The van der Waals surface area contributed by atoms with E-state index >= 15 is 0 Å². The molecule has 7 aliphatic rings. The Labute approximate surface area is 144 Å². The minimum Gasteiger partial charge on any atom is -0.459 e. The molecule has 0 aromatic carbocycles. The van der Waals surface area contributed by atoms with Gasteiger partial charge in [-0.3, -0.25) is 4.79 Å². The first-order chi connectivity index (χ1) is 11.1. The molecular formula is C20H30O4. The molecule has 7 saturated carbocycles. The summed E-state index contributed by atoms with van der Waals surface area (Å²) in [6, 6.07) is 0. The standard InChI is InChI=1S/C20H30O4/c1-4-17(2,3)16(21)24-19-6-12-11-5-18(22)8-14(12)20(23,10-19)15(9-18)13(11)7-19/h11-15,22-23H,4-10H2,1-3H3. The summed E-state index contributed by atoms with van der Waals surface area (Å²) in [5.41, 5.74) is -2.16. The van der Waals surface area contributed by atoms with Crippen molar-refractivity contribution < 1.29 is 19.7 Å². The molecule has 0 aromatic rings. The maximum atomic E-state index is 12.7. The molecule has 0 heterocycles. The van der Waals surface area contributed by atoms with Gasteiger partial charge in [0.2, 0.25) is 0 Å². The fourth-order valence-electron chi connectivity index (χ4n) is 7.45. The van der Waals surface area contributed by atoms with Gasteiger partial charge in [0, 0.05) is 6.42 Å². The molecule has 7 rings (SSSR count). The SMILES string of the molecule is CCC(C)(C)C(=O)OC12CC3C4CC5(O)CC3C(O)(C1)C(C5)C4C2. The number of hydrogen-bond donors (Lipinski definition) is 2. The Hall–Kier alpha value is -0.610. The maximum Gasteiger partial charge on any atom is 0.312 e. The van der Waals surface area contributed by atoms with E-state index in [2.05, 4.69) is 0 Å². The van der Waals surface area contributed by atoms with Crippen molar-refractivity contribution >= 4 is 5.97 Å². The Morgan fingerprint density at radius 1 is 1.04 bits per heavy atom. The van der Waals surface area contributed by atoms with Gasteiger partial charge in [-0.25, -0.2) is 0 Å². The van der Waals surface area contributed by atoms with Crippen LogP contribution in [-0.4, -0.2) is 33.0 Å². The lowest BCUT2D eigenvalue weighted by molar-refractivity contribution is -0.349. The fraction of sp³-hybridized carbons (Fsp3) is 0.950. The lowest BCUT2D eigenvalue weighted by Gasteiger charge is -2.76. The molecule has 0 aliphatic heterocycles. The van der Waals surface area contributed by atoms with Crippen molar-refractivity contribution in [3.63, 3.8) is 0 Å². The molecule has 4 unspecified atom stereocenters. The van der Waals surface area contributed by atoms with Gasteiger partial charge in [0.15, 0.2) is 0 Å². The van der Waals surface area contributed by atoms with Crippen molar-refractivity contribution in [2.75, 3.05) is 0 Å². The first-order valence-corrected chi connectivity index (χ1v) is 9.80. The Morgan fingerprint density at radius 3 is 2.17 bits per heavy atom. The Bertz CT molecular complexity index is 585. The van der Waals surface area contributed by atoms with Crippen molar-refractivity contribution in [3.8, 4) is 0 Å². The number of ether oxygens (including phenoxy) is 1. The molecule has 7 fully saturated rings. The smallest absolute Gasteiger partial charge is 0.312 e. The van der Waals surface area contributed by atoms with Crippen LogP contribution in [-0.2, 0) is 9.53 Å². The van der Waals surface area contributed by atoms with Gasteiger partial charge in [-0.2, -0.15) is 0 Å². The highest BCUT2D eigenvalue weighted by molar-refractivity contribution is 5.76. The summed E-state index contributed by atoms with van der Waals surface area (Å²) >= 11 is 0. The zero-order valence-electron chi connectivity index (χ0n) is 15.0. The summed E-state index contributed by atoms with van der Waals surface area (Å²) in [6.07, 6.45) is 5.55. The largest absolute Gasteiger partial charge is 0.459 e. The molecule has 0 spiro atoms. The van der Waals surface area contributed by atoms with Crippen LogP contribution in [0.5, 0.6) is 0 Å². The maximum absolute atomic E-state index is 12.7. The molecule has 7 aliphatic carbocycles. The van der Waals surface area contributed by atoms with Crippen molar-refractivity contribution in [2.45, 2.75) is 82.5 Å². The van der Waals surface area contributed by atoms with Crippen LogP contribution in [0, 0.1) is 35.0 Å². The molecule has 0 saturated heterocycles. The van der Waals surface area contributed by atoms with E-state index in [0.717, 1.165) is 38.5 Å². The van der Waals surface area contributed by atoms with Crippen molar-refractivity contribution in [3.05, 3.63) is 0 Å². The van der Waals surface area contributed by atoms with Gasteiger partial charge in [-0.15, -0.1) is 0 Å². The lowest BCUT2D eigenvalue weighted by atomic mass is 9.32. The summed E-state index contributed by atoms with van der Waals surface area (Å²) in [5, 5.41) is 22.4. The minimum atomic E-state index is -0.717. The minimum absolute atomic E-state index is 0.106. The summed E-state index contributed by atoms with van der Waals surface area (Å²) in [6.45, 7) is 5.92. The fourth-order valence-corrected chi connectivity index (χ4v) is 7.45. The molecule has 24 heavy (non-hydrogen) atoms. The molecule has 4 nitrogen and oxygen atoms in total. The second-order valence-corrected chi connectivity index (χ2v) is 10.4. The summed E-state index contributed by atoms with van der Waals surface area (Å²) in [7, 11) is 0. The highest BCUT2D eigenvalue weighted by Gasteiger charge is 2.76. The van der Waals surface area contributed by atoms with Crippen LogP contribution in [0.4, 0.5) is 0 Å². The third kappa shape index (κ3) is 1.70. The number of carbonyl (C=O) groups excluding carboxylic acids is 1. The third-order valence-electron chi connectivity index (χ3n) is 8.80. The average molecular weight is 334 g/mol. The number of rotatable bonds is 3. The topological polar surface area (TPSA) is 66.8 Å². The molecule has 4 heteroatoms. The highest BCUT2D eigenvalue weighted by atomic mass is 16.6. The predicted molar refractivity (Wildman–Crippen MR) is 87.9 cm³/mol. The lowest BCUT2D eigenvalue weighted by Crippen LogP contribution is -2.78. The zero-order valence-corrected chi connectivity index (χ0v) is 15.0. The predicted octanol–water partition coefficient (Wildman–Crippen LogP) is 2.66. The highest BCUT2D eigenvalue weighted by Crippen LogP contribution is 2.74. The van der Waals surface area contributed by atoms with Crippen LogP contribution in [0.25, 0.3) is 0 Å². The molecule has 2 N–H and O–H groups in total. The monoisotopic (exact) mass is 334 g/mol. The van der Waals surface area contributed by atoms with Gasteiger partial charge in [0.1, 0.15) is 5.60 Å². The first kappa shape index (κ1) is 15.6. The summed E-state index contributed by atoms with van der Waals surface area (Å²) in [5.74, 6) is 1.70. The van der Waals surface area contributed by atoms with Crippen molar-refractivity contribution in [2.24, 2.45) is 35.0 Å². The van der Waals surface area contributed by atoms with Gasteiger partial charge < -0.3 is 14.9 Å². The van der Waals surface area contributed by atoms with Crippen LogP contribution in [0.15, 0.2) is 0 Å².